The van der Waals surface area contributed by atoms with E-state index in [2.05, 4.69) is 15.4 Å². The smallest absolute Gasteiger partial charge is 0.322 e. The topological polar surface area (TPSA) is 117 Å². The molecule has 0 saturated heterocycles. The Labute approximate surface area is 159 Å². The van der Waals surface area contributed by atoms with Crippen LogP contribution in [0.3, 0.4) is 0 Å². The molecule has 144 valence electrons. The average molecular weight is 384 g/mol. The van der Waals surface area contributed by atoms with Crippen molar-refractivity contribution in [2.75, 3.05) is 6.54 Å². The zero-order valence-electron chi connectivity index (χ0n) is 15.1. The first-order chi connectivity index (χ1) is 13.3. The highest BCUT2D eigenvalue weighted by Crippen LogP contribution is 2.32. The SMILES string of the molecule is Cc1nn(-c2ccc(F)cc2)cc1-c1cnc(C(=O)NCC(=O)O)c(O)c1C. The van der Waals surface area contributed by atoms with Crippen LogP contribution in [0.4, 0.5) is 4.39 Å². The molecule has 3 aromatic rings. The summed E-state index contributed by atoms with van der Waals surface area (Å²) in [4.78, 5) is 26.6. The summed E-state index contributed by atoms with van der Waals surface area (Å²) in [5.41, 5.74) is 2.70. The predicted octanol–water partition coefficient (Wildman–Crippen LogP) is 2.21. The van der Waals surface area contributed by atoms with E-state index in [0.717, 1.165) is 0 Å². The second kappa shape index (κ2) is 7.47. The number of aliphatic carboxylic acids is 1. The zero-order valence-corrected chi connectivity index (χ0v) is 15.1. The number of hydrogen-bond acceptors (Lipinski definition) is 5. The molecular weight excluding hydrogens is 367 g/mol. The first kappa shape index (κ1) is 19.0. The molecule has 0 aliphatic rings. The minimum Gasteiger partial charge on any atom is -0.505 e. The van der Waals surface area contributed by atoms with E-state index in [1.54, 1.807) is 36.9 Å². The van der Waals surface area contributed by atoms with E-state index in [0.29, 0.717) is 28.1 Å². The Bertz CT molecular complexity index is 1060. The molecular formula is C19H17FN4O4. The van der Waals surface area contributed by atoms with Crippen LogP contribution in [-0.2, 0) is 4.79 Å². The lowest BCUT2D eigenvalue weighted by atomic mass is 10.0. The molecule has 28 heavy (non-hydrogen) atoms. The summed E-state index contributed by atoms with van der Waals surface area (Å²) >= 11 is 0. The van der Waals surface area contributed by atoms with Gasteiger partial charge in [-0.2, -0.15) is 5.10 Å². The number of carboxylic acids is 1. The number of nitrogens with one attached hydrogen (secondary N) is 1. The molecule has 9 heteroatoms. The van der Waals surface area contributed by atoms with Crippen LogP contribution in [0.25, 0.3) is 16.8 Å². The fourth-order valence-electron chi connectivity index (χ4n) is 2.72. The first-order valence-electron chi connectivity index (χ1n) is 8.29. The van der Waals surface area contributed by atoms with Crippen LogP contribution >= 0.6 is 0 Å². The molecule has 0 bridgehead atoms. The Hall–Kier alpha value is -3.75. The highest BCUT2D eigenvalue weighted by molar-refractivity contribution is 5.97. The molecule has 0 aliphatic heterocycles. The fraction of sp³-hybridized carbons (Fsp3) is 0.158. The Morgan fingerprint density at radius 2 is 1.86 bits per heavy atom. The Morgan fingerprint density at radius 1 is 1.18 bits per heavy atom. The summed E-state index contributed by atoms with van der Waals surface area (Å²) in [5.74, 6) is -2.68. The quantitative estimate of drug-likeness (QED) is 0.621. The number of halogens is 1. The van der Waals surface area contributed by atoms with Gasteiger partial charge in [-0.15, -0.1) is 0 Å². The van der Waals surface area contributed by atoms with E-state index in [1.807, 2.05) is 0 Å². The third-order valence-electron chi connectivity index (χ3n) is 4.20. The number of carboxylic acid groups (broad SMARTS) is 1. The summed E-state index contributed by atoms with van der Waals surface area (Å²) in [6, 6.07) is 5.83. The van der Waals surface area contributed by atoms with Crippen LogP contribution in [0.2, 0.25) is 0 Å². The maximum absolute atomic E-state index is 13.1. The van der Waals surface area contributed by atoms with Crippen molar-refractivity contribution in [2.45, 2.75) is 13.8 Å². The lowest BCUT2D eigenvalue weighted by Gasteiger charge is -2.10. The number of aromatic nitrogens is 3. The van der Waals surface area contributed by atoms with Crippen LogP contribution in [0.1, 0.15) is 21.7 Å². The van der Waals surface area contributed by atoms with E-state index in [1.165, 1.54) is 18.3 Å². The third-order valence-corrected chi connectivity index (χ3v) is 4.20. The number of pyridine rings is 1. The number of hydrogen-bond donors (Lipinski definition) is 3. The highest BCUT2D eigenvalue weighted by Gasteiger charge is 2.20. The second-order valence-corrected chi connectivity index (χ2v) is 6.12. The molecule has 0 atom stereocenters. The molecule has 0 unspecified atom stereocenters. The average Bonchev–Trinajstić information content (AvgIpc) is 3.04. The lowest BCUT2D eigenvalue weighted by molar-refractivity contribution is -0.135. The standard InChI is InChI=1S/C19H17FN4O4/c1-10-14(7-21-17(18(10)27)19(28)22-8-16(25)26)15-9-24(23-11(15)2)13-5-3-12(20)4-6-13/h3-7,9,27H,8H2,1-2H3,(H,22,28)(H,25,26). The zero-order chi connectivity index (χ0) is 20.4. The highest BCUT2D eigenvalue weighted by atomic mass is 19.1. The van der Waals surface area contributed by atoms with Crippen molar-refractivity contribution in [3.05, 3.63) is 59.4 Å². The molecule has 0 spiro atoms. The summed E-state index contributed by atoms with van der Waals surface area (Å²) in [5, 5.41) is 25.6. The van der Waals surface area contributed by atoms with Gasteiger partial charge in [0, 0.05) is 29.1 Å². The van der Waals surface area contributed by atoms with E-state index < -0.39 is 18.4 Å². The van der Waals surface area contributed by atoms with Crippen LogP contribution < -0.4 is 5.32 Å². The Kier molecular flexibility index (Phi) is 5.08. The molecule has 3 rings (SSSR count). The number of aryl methyl sites for hydroxylation is 1. The van der Waals surface area contributed by atoms with Crippen molar-refractivity contribution in [1.82, 2.24) is 20.1 Å². The summed E-state index contributed by atoms with van der Waals surface area (Å²) < 4.78 is 14.7. The summed E-state index contributed by atoms with van der Waals surface area (Å²) in [7, 11) is 0. The lowest BCUT2D eigenvalue weighted by Crippen LogP contribution is -2.30. The maximum Gasteiger partial charge on any atom is 0.322 e. The Balaban J connectivity index is 1.96. The summed E-state index contributed by atoms with van der Waals surface area (Å²) in [6.45, 7) is 2.82. The van der Waals surface area contributed by atoms with E-state index in [4.69, 9.17) is 5.11 Å². The molecule has 0 saturated carbocycles. The monoisotopic (exact) mass is 384 g/mol. The number of nitrogens with zero attached hydrogens (tertiary/aromatic N) is 3. The molecule has 2 aromatic heterocycles. The van der Waals surface area contributed by atoms with Gasteiger partial charge in [-0.1, -0.05) is 0 Å². The van der Waals surface area contributed by atoms with E-state index in [-0.39, 0.29) is 17.3 Å². The largest absolute Gasteiger partial charge is 0.505 e. The van der Waals surface area contributed by atoms with Gasteiger partial charge in [0.25, 0.3) is 5.91 Å². The minimum absolute atomic E-state index is 0.258. The number of aromatic hydroxyl groups is 1. The maximum atomic E-state index is 13.1. The molecule has 0 aliphatic carbocycles. The van der Waals surface area contributed by atoms with Gasteiger partial charge >= 0.3 is 5.97 Å². The van der Waals surface area contributed by atoms with Gasteiger partial charge in [-0.3, -0.25) is 9.59 Å². The normalized spacial score (nSPS) is 10.7. The minimum atomic E-state index is -1.20. The number of carbonyl (C=O) groups is 2. The van der Waals surface area contributed by atoms with Gasteiger partial charge in [0.1, 0.15) is 18.1 Å². The van der Waals surface area contributed by atoms with Gasteiger partial charge in [-0.05, 0) is 38.1 Å². The fourth-order valence-corrected chi connectivity index (χ4v) is 2.72. The van der Waals surface area contributed by atoms with Crippen molar-refractivity contribution in [2.24, 2.45) is 0 Å². The molecule has 3 N–H and O–H groups in total. The molecule has 2 heterocycles. The molecule has 0 fully saturated rings. The van der Waals surface area contributed by atoms with Crippen molar-refractivity contribution < 1.29 is 24.2 Å². The molecule has 1 aromatic carbocycles. The number of amides is 1. The Morgan fingerprint density at radius 3 is 2.50 bits per heavy atom. The van der Waals surface area contributed by atoms with E-state index in [9.17, 15) is 19.1 Å². The third kappa shape index (κ3) is 3.68. The predicted molar refractivity (Wildman–Crippen MR) is 97.9 cm³/mol. The van der Waals surface area contributed by atoms with Gasteiger partial charge in [-0.25, -0.2) is 14.1 Å². The molecule has 0 radical (unpaired) electrons. The number of benzene rings is 1. The van der Waals surface area contributed by atoms with Crippen LogP contribution in [0.15, 0.2) is 36.7 Å². The van der Waals surface area contributed by atoms with Gasteiger partial charge in [0.05, 0.1) is 11.4 Å². The first-order valence-corrected chi connectivity index (χ1v) is 8.29. The van der Waals surface area contributed by atoms with Crippen molar-refractivity contribution in [1.29, 1.82) is 0 Å². The second-order valence-electron chi connectivity index (χ2n) is 6.12. The van der Waals surface area contributed by atoms with Crippen molar-refractivity contribution >= 4 is 11.9 Å². The molecule has 8 nitrogen and oxygen atoms in total. The number of carbonyl (C=O) groups excluding carboxylic acids is 1. The summed E-state index contributed by atoms with van der Waals surface area (Å²) in [6.07, 6.45) is 3.14. The number of rotatable bonds is 5. The van der Waals surface area contributed by atoms with Crippen LogP contribution in [0.5, 0.6) is 5.75 Å². The molecule has 1 amide bonds. The van der Waals surface area contributed by atoms with Crippen molar-refractivity contribution in [3.8, 4) is 22.6 Å². The van der Waals surface area contributed by atoms with Crippen LogP contribution in [0, 0.1) is 19.7 Å². The van der Waals surface area contributed by atoms with Gasteiger partial charge in [0.2, 0.25) is 0 Å². The van der Waals surface area contributed by atoms with E-state index >= 15 is 0 Å². The van der Waals surface area contributed by atoms with Crippen molar-refractivity contribution in [3.63, 3.8) is 0 Å². The van der Waals surface area contributed by atoms with Gasteiger partial charge < -0.3 is 15.5 Å². The van der Waals surface area contributed by atoms with Gasteiger partial charge in [0.15, 0.2) is 5.69 Å². The van der Waals surface area contributed by atoms with Crippen LogP contribution in [-0.4, -0.2) is 43.4 Å².